The lowest BCUT2D eigenvalue weighted by molar-refractivity contribution is -0.142. The van der Waals surface area contributed by atoms with Crippen LogP contribution in [0.5, 0.6) is 0 Å². The van der Waals surface area contributed by atoms with Crippen LogP contribution < -0.4 is 10.6 Å². The smallest absolute Gasteiger partial charge is 0.315 e. The molecule has 0 aliphatic heterocycles. The molecule has 1 aromatic carbocycles. The van der Waals surface area contributed by atoms with Gasteiger partial charge in [0.25, 0.3) is 0 Å². The number of halogens is 1. The maximum atomic E-state index is 11.9. The van der Waals surface area contributed by atoms with E-state index in [0.29, 0.717) is 25.7 Å². The Morgan fingerprint density at radius 2 is 1.96 bits per heavy atom. The molecule has 1 aliphatic carbocycles. The van der Waals surface area contributed by atoms with E-state index in [1.165, 1.54) is 0 Å². The molecule has 0 bridgehead atoms. The quantitative estimate of drug-likeness (QED) is 0.626. The summed E-state index contributed by atoms with van der Waals surface area (Å²) < 4.78 is 0.869. The molecular weight excluding hydrogens is 364 g/mol. The lowest BCUT2D eigenvalue weighted by atomic mass is 9.86. The first-order chi connectivity index (χ1) is 11.0. The number of aliphatic hydroxyl groups excluding tert-OH is 1. The SMILES string of the molecule is O=C(NC[C@@H](O)c1cccc(Br)c1)NC1CCC(C(=O)O)CC1. The summed E-state index contributed by atoms with van der Waals surface area (Å²) in [7, 11) is 0. The zero-order chi connectivity index (χ0) is 16.8. The molecule has 6 nitrogen and oxygen atoms in total. The minimum Gasteiger partial charge on any atom is -0.481 e. The summed E-state index contributed by atoms with van der Waals surface area (Å²) in [5.74, 6) is -1.06. The molecule has 0 heterocycles. The van der Waals surface area contributed by atoms with E-state index in [4.69, 9.17) is 5.11 Å². The molecule has 1 atom stereocenters. The highest BCUT2D eigenvalue weighted by Gasteiger charge is 2.26. The van der Waals surface area contributed by atoms with Crippen LogP contribution in [0.4, 0.5) is 4.79 Å². The van der Waals surface area contributed by atoms with Crippen molar-refractivity contribution >= 4 is 27.9 Å². The second-order valence-electron chi connectivity index (χ2n) is 5.81. The van der Waals surface area contributed by atoms with Crippen molar-refractivity contribution in [2.24, 2.45) is 5.92 Å². The van der Waals surface area contributed by atoms with Gasteiger partial charge in [-0.25, -0.2) is 4.79 Å². The lowest BCUT2D eigenvalue weighted by Gasteiger charge is -2.27. The van der Waals surface area contributed by atoms with Crippen LogP contribution in [-0.4, -0.2) is 34.8 Å². The van der Waals surface area contributed by atoms with Crippen molar-refractivity contribution in [2.45, 2.75) is 37.8 Å². The fourth-order valence-electron chi connectivity index (χ4n) is 2.74. The van der Waals surface area contributed by atoms with Crippen LogP contribution in [0, 0.1) is 5.92 Å². The predicted octanol–water partition coefficient (Wildman–Crippen LogP) is 2.43. The number of aliphatic carboxylic acids is 1. The number of benzene rings is 1. The molecule has 126 valence electrons. The monoisotopic (exact) mass is 384 g/mol. The fraction of sp³-hybridized carbons (Fsp3) is 0.500. The average Bonchev–Trinajstić information content (AvgIpc) is 2.53. The summed E-state index contributed by atoms with van der Waals surface area (Å²) in [5, 5.41) is 24.5. The van der Waals surface area contributed by atoms with Crippen molar-refractivity contribution in [1.29, 1.82) is 0 Å². The third kappa shape index (κ3) is 5.51. The average molecular weight is 385 g/mol. The highest BCUT2D eigenvalue weighted by molar-refractivity contribution is 9.10. The van der Waals surface area contributed by atoms with Crippen molar-refractivity contribution < 1.29 is 19.8 Å². The van der Waals surface area contributed by atoms with Gasteiger partial charge in [0.1, 0.15) is 0 Å². The number of amides is 2. The number of aliphatic hydroxyl groups is 1. The molecule has 4 N–H and O–H groups in total. The third-order valence-corrected chi connectivity index (χ3v) is 4.59. The van der Waals surface area contributed by atoms with Crippen LogP contribution >= 0.6 is 15.9 Å². The molecule has 1 aromatic rings. The Kier molecular flexibility index (Phi) is 6.41. The normalized spacial score (nSPS) is 22.2. The van der Waals surface area contributed by atoms with Crippen molar-refractivity contribution in [1.82, 2.24) is 10.6 Å². The van der Waals surface area contributed by atoms with Gasteiger partial charge in [0.15, 0.2) is 0 Å². The number of hydrogen-bond donors (Lipinski definition) is 4. The van der Waals surface area contributed by atoms with Gasteiger partial charge in [-0.3, -0.25) is 4.79 Å². The standard InChI is InChI=1S/C16H21BrN2O4/c17-12-3-1-2-11(8-12)14(20)9-18-16(23)19-13-6-4-10(5-7-13)15(21)22/h1-3,8,10,13-14,20H,4-7,9H2,(H,21,22)(H2,18,19,23)/t10?,13?,14-/m1/s1. The Labute approximate surface area is 143 Å². The first-order valence-electron chi connectivity index (χ1n) is 7.66. The summed E-state index contributed by atoms with van der Waals surface area (Å²) in [6.45, 7) is 0.118. The minimum atomic E-state index is -0.777. The molecule has 0 saturated heterocycles. The molecule has 1 saturated carbocycles. The van der Waals surface area contributed by atoms with Gasteiger partial charge in [-0.15, -0.1) is 0 Å². The predicted molar refractivity (Wildman–Crippen MR) is 89.0 cm³/mol. The number of nitrogens with one attached hydrogen (secondary N) is 2. The van der Waals surface area contributed by atoms with Gasteiger partial charge in [0, 0.05) is 17.1 Å². The van der Waals surface area contributed by atoms with Gasteiger partial charge in [-0.05, 0) is 43.4 Å². The van der Waals surface area contributed by atoms with Crippen molar-refractivity contribution in [3.8, 4) is 0 Å². The van der Waals surface area contributed by atoms with Gasteiger partial charge in [0.05, 0.1) is 12.0 Å². The topological polar surface area (TPSA) is 98.7 Å². The Hall–Kier alpha value is -1.60. The van der Waals surface area contributed by atoms with Crippen LogP contribution in [0.2, 0.25) is 0 Å². The van der Waals surface area contributed by atoms with E-state index >= 15 is 0 Å². The second-order valence-corrected chi connectivity index (χ2v) is 6.73. The molecule has 7 heteroatoms. The van der Waals surface area contributed by atoms with Gasteiger partial charge in [-0.2, -0.15) is 0 Å². The van der Waals surface area contributed by atoms with Crippen molar-refractivity contribution in [2.75, 3.05) is 6.54 Å². The van der Waals surface area contributed by atoms with Gasteiger partial charge < -0.3 is 20.8 Å². The van der Waals surface area contributed by atoms with E-state index in [-0.39, 0.29) is 24.5 Å². The van der Waals surface area contributed by atoms with E-state index in [9.17, 15) is 14.7 Å². The summed E-state index contributed by atoms with van der Waals surface area (Å²) in [5.41, 5.74) is 0.724. The molecule has 0 aromatic heterocycles. The lowest BCUT2D eigenvalue weighted by Crippen LogP contribution is -2.45. The van der Waals surface area contributed by atoms with Crippen LogP contribution in [0.15, 0.2) is 28.7 Å². The first kappa shape index (κ1) is 17.7. The maximum absolute atomic E-state index is 11.9. The largest absolute Gasteiger partial charge is 0.481 e. The van der Waals surface area contributed by atoms with E-state index in [1.807, 2.05) is 12.1 Å². The Balaban J connectivity index is 1.72. The summed E-state index contributed by atoms with van der Waals surface area (Å²) in [6.07, 6.45) is 1.72. The molecule has 2 rings (SSSR count). The van der Waals surface area contributed by atoms with Crippen LogP contribution in [-0.2, 0) is 4.79 Å². The molecule has 23 heavy (non-hydrogen) atoms. The first-order valence-corrected chi connectivity index (χ1v) is 8.45. The van der Waals surface area contributed by atoms with Crippen LogP contribution in [0.3, 0.4) is 0 Å². The molecule has 0 unspecified atom stereocenters. The van der Waals surface area contributed by atoms with E-state index in [1.54, 1.807) is 12.1 Å². The van der Waals surface area contributed by atoms with E-state index < -0.39 is 12.1 Å². The number of rotatable bonds is 5. The minimum absolute atomic E-state index is 0.00591. The summed E-state index contributed by atoms with van der Waals surface area (Å²) >= 11 is 3.34. The highest BCUT2D eigenvalue weighted by atomic mass is 79.9. The van der Waals surface area contributed by atoms with E-state index in [2.05, 4.69) is 26.6 Å². The molecule has 1 aliphatic rings. The highest BCUT2D eigenvalue weighted by Crippen LogP contribution is 2.24. The van der Waals surface area contributed by atoms with Crippen molar-refractivity contribution in [3.05, 3.63) is 34.3 Å². The number of carboxylic acid groups (broad SMARTS) is 1. The molecule has 2 amide bonds. The molecule has 0 radical (unpaired) electrons. The van der Waals surface area contributed by atoms with Gasteiger partial charge in [0.2, 0.25) is 0 Å². The van der Waals surface area contributed by atoms with Gasteiger partial charge in [-0.1, -0.05) is 28.1 Å². The summed E-state index contributed by atoms with van der Waals surface area (Å²) in [4.78, 5) is 22.8. The fourth-order valence-corrected chi connectivity index (χ4v) is 3.16. The van der Waals surface area contributed by atoms with Crippen LogP contribution in [0.1, 0.15) is 37.4 Å². The Morgan fingerprint density at radius 1 is 1.26 bits per heavy atom. The van der Waals surface area contributed by atoms with Crippen LogP contribution in [0.25, 0.3) is 0 Å². The van der Waals surface area contributed by atoms with Crippen molar-refractivity contribution in [3.63, 3.8) is 0 Å². The van der Waals surface area contributed by atoms with E-state index in [0.717, 1.165) is 10.0 Å². The number of carbonyl (C=O) groups is 2. The summed E-state index contributed by atoms with van der Waals surface area (Å²) in [6, 6.07) is 6.94. The molecular formula is C16H21BrN2O4. The maximum Gasteiger partial charge on any atom is 0.315 e. The third-order valence-electron chi connectivity index (χ3n) is 4.10. The van der Waals surface area contributed by atoms with Gasteiger partial charge >= 0.3 is 12.0 Å². The Bertz CT molecular complexity index is 559. The number of carbonyl (C=O) groups excluding carboxylic acids is 1. The number of urea groups is 1. The second kappa shape index (κ2) is 8.31. The number of carboxylic acids is 1. The molecule has 1 fully saturated rings. The number of hydrogen-bond acceptors (Lipinski definition) is 3. The zero-order valence-corrected chi connectivity index (χ0v) is 14.3. The zero-order valence-electron chi connectivity index (χ0n) is 12.7. The Morgan fingerprint density at radius 3 is 2.57 bits per heavy atom. The molecule has 0 spiro atoms.